The van der Waals surface area contributed by atoms with Gasteiger partial charge in [0.15, 0.2) is 0 Å². The van der Waals surface area contributed by atoms with Crippen molar-refractivity contribution in [3.63, 3.8) is 0 Å². The first-order valence-electron chi connectivity index (χ1n) is 48.1. The molecule has 0 radical (unpaired) electrons. The van der Waals surface area contributed by atoms with Gasteiger partial charge in [0.1, 0.15) is 5.78 Å². The Morgan fingerprint density at radius 1 is 0.341 bits per heavy atom. The van der Waals surface area contributed by atoms with Crippen molar-refractivity contribution in [3.8, 4) is 0 Å². The number of carbonyl (C=O) groups is 1. The van der Waals surface area contributed by atoms with Crippen molar-refractivity contribution in [2.75, 3.05) is 18.4 Å². The van der Waals surface area contributed by atoms with Crippen LogP contribution >= 0.6 is 86.7 Å². The largest absolute Gasteiger partial charge is 0.389 e. The SMILES string of the molecule is BrC1CCCC1.CC(=O)CCl.CC(O)(CCl)C1CCCC1.CC1(C2CCCC2)CO1.C[C@@H](C1CCCC1P(c1ccccc1)c1ccccc1)P(c1ccccc1)c1ccccc1.C[C@@H](C1CCCC1P(c1ccccc1)c1ccccc1)P(c1ccccc1)c1ccccc1.C[C@@H](C1CCCC1P(c1ccccc1)c1ccccc1)P(c1ccccc1)c1ccccc1.[Fe].[Fe].[Fe]. The summed E-state index contributed by atoms with van der Waals surface area (Å²) < 4.78 is 5.38. The summed E-state index contributed by atoms with van der Waals surface area (Å²) in [6, 6.07) is 136. The quantitative estimate of drug-likeness (QED) is 0.0268. The normalized spacial score (nSPS) is 20.8. The van der Waals surface area contributed by atoms with Crippen LogP contribution in [-0.2, 0) is 60.7 Å². The Bertz CT molecular complexity index is 4410. The fourth-order valence-electron chi connectivity index (χ4n) is 21.1. The molecule has 0 bridgehead atoms. The number of ketones is 1. The van der Waals surface area contributed by atoms with Crippen LogP contribution in [0.5, 0.6) is 0 Å². The zero-order valence-corrected chi connectivity index (χ0v) is 90.0. The molecular formula is C117H139BrCl2Fe3O3P6. The van der Waals surface area contributed by atoms with E-state index in [-0.39, 0.29) is 86.6 Å². The van der Waals surface area contributed by atoms with Gasteiger partial charge in [0.25, 0.3) is 0 Å². The van der Waals surface area contributed by atoms with Crippen molar-refractivity contribution >= 4 is 156 Å². The van der Waals surface area contributed by atoms with Crippen molar-refractivity contribution in [3.05, 3.63) is 364 Å². The van der Waals surface area contributed by atoms with E-state index in [4.69, 9.17) is 27.9 Å². The number of rotatable bonds is 25. The van der Waals surface area contributed by atoms with Crippen LogP contribution in [0.25, 0.3) is 0 Å². The van der Waals surface area contributed by atoms with Crippen LogP contribution in [0.2, 0.25) is 0 Å². The van der Waals surface area contributed by atoms with Crippen molar-refractivity contribution in [2.45, 2.75) is 226 Å². The van der Waals surface area contributed by atoms with Crippen LogP contribution in [0.4, 0.5) is 0 Å². The van der Waals surface area contributed by atoms with E-state index in [1.807, 2.05) is 6.92 Å². The van der Waals surface area contributed by atoms with Gasteiger partial charge in [-0.1, -0.05) is 458 Å². The van der Waals surface area contributed by atoms with Crippen LogP contribution in [0.15, 0.2) is 364 Å². The molecule has 11 atom stereocenters. The Balaban J connectivity index is 0.000000175. The summed E-state index contributed by atoms with van der Waals surface area (Å²) in [4.78, 5) is 10.5. The van der Waals surface area contributed by atoms with E-state index in [0.717, 1.165) is 64.9 Å². The summed E-state index contributed by atoms with van der Waals surface area (Å²) in [6.07, 6.45) is 28.3. The topological polar surface area (TPSA) is 49.8 Å². The Morgan fingerprint density at radius 2 is 0.530 bits per heavy atom. The Labute approximate surface area is 852 Å². The number of aliphatic hydroxyl groups is 1. The van der Waals surface area contributed by atoms with Crippen LogP contribution in [0, 0.1) is 29.6 Å². The van der Waals surface area contributed by atoms with E-state index in [0.29, 0.717) is 34.4 Å². The summed E-state index contributed by atoms with van der Waals surface area (Å²) in [7, 11) is -2.33. The van der Waals surface area contributed by atoms with Crippen molar-refractivity contribution in [1.82, 2.24) is 0 Å². The van der Waals surface area contributed by atoms with Crippen LogP contribution < -0.4 is 63.7 Å². The van der Waals surface area contributed by atoms with Gasteiger partial charge in [0.05, 0.1) is 29.6 Å². The number of alkyl halides is 3. The predicted molar refractivity (Wildman–Crippen MR) is 578 cm³/mol. The summed E-state index contributed by atoms with van der Waals surface area (Å²) >= 11 is 14.1. The van der Waals surface area contributed by atoms with E-state index in [1.54, 1.807) is 0 Å². The Hall–Kier alpha value is -4.57. The maximum atomic E-state index is 9.69. The number of benzene rings is 12. The van der Waals surface area contributed by atoms with Crippen LogP contribution in [-0.4, -0.2) is 79.2 Å². The number of epoxide rings is 1. The van der Waals surface area contributed by atoms with Crippen molar-refractivity contribution in [2.24, 2.45) is 29.6 Å². The second-order valence-electron chi connectivity index (χ2n) is 36.7. The van der Waals surface area contributed by atoms with E-state index >= 15 is 0 Å². The first-order chi connectivity index (χ1) is 63.1. The second-order valence-corrected chi connectivity index (χ2v) is 53.6. The number of hydrogen-bond donors (Lipinski definition) is 1. The maximum Gasteiger partial charge on any atom is 0.144 e. The molecule has 6 saturated carbocycles. The number of ether oxygens (including phenoxy) is 1. The minimum Gasteiger partial charge on any atom is -0.389 e. The molecular weight excluding hydrogens is 1960 g/mol. The predicted octanol–water partition coefficient (Wildman–Crippen LogP) is 27.7. The van der Waals surface area contributed by atoms with Gasteiger partial charge in [0.2, 0.25) is 0 Å². The van der Waals surface area contributed by atoms with Crippen LogP contribution in [0.1, 0.15) is 176 Å². The summed E-state index contributed by atoms with van der Waals surface area (Å²) in [5.74, 6) is 4.10. The molecule has 15 heteroatoms. The molecule has 1 saturated heterocycles. The van der Waals surface area contributed by atoms with Gasteiger partial charge in [-0.2, -0.15) is 0 Å². The minimum atomic E-state index is -0.613. The van der Waals surface area contributed by atoms with Gasteiger partial charge in [-0.15, -0.1) is 23.2 Å². The minimum absolute atomic E-state index is 0. The van der Waals surface area contributed by atoms with Crippen LogP contribution in [0.3, 0.4) is 0 Å². The molecule has 1 heterocycles. The fraction of sp³-hybridized carbons (Fsp3) is 0.376. The molecule has 1 N–H and O–H groups in total. The van der Waals surface area contributed by atoms with Gasteiger partial charge in [-0.25, -0.2) is 0 Å². The summed E-state index contributed by atoms with van der Waals surface area (Å²) in [5, 5.41) is 28.0. The second kappa shape index (κ2) is 57.8. The van der Waals surface area contributed by atoms with Crippen molar-refractivity contribution < 1.29 is 65.8 Å². The molecule has 7 fully saturated rings. The molecule has 3 nitrogen and oxygen atoms in total. The van der Waals surface area contributed by atoms with Gasteiger partial charge >= 0.3 is 0 Å². The zero-order chi connectivity index (χ0) is 90.0. The summed E-state index contributed by atoms with van der Waals surface area (Å²) in [6.45, 7) is 14.2. The molecule has 6 aliphatic carbocycles. The number of hydrogen-bond acceptors (Lipinski definition) is 3. The molecule has 132 heavy (non-hydrogen) atoms. The van der Waals surface area contributed by atoms with E-state index in [2.05, 4.69) is 408 Å². The third-order valence-corrected chi connectivity index (χ3v) is 47.5. The molecule has 0 amide bonds. The third kappa shape index (κ3) is 31.5. The first kappa shape index (κ1) is 109. The number of halogens is 3. The molecule has 700 valence electrons. The first-order valence-corrected chi connectivity index (χ1v) is 58.6. The average Bonchev–Trinajstić information content (AvgIpc) is 1.50. The third-order valence-electron chi connectivity index (χ3n) is 27.9. The van der Waals surface area contributed by atoms with Crippen molar-refractivity contribution in [1.29, 1.82) is 0 Å². The van der Waals surface area contributed by atoms with E-state index in [9.17, 15) is 9.90 Å². The average molecular weight is 2100 g/mol. The molecule has 12 aromatic rings. The number of carbonyl (C=O) groups excluding carboxylic acids is 1. The van der Waals surface area contributed by atoms with E-state index < -0.39 is 29.4 Å². The maximum absolute atomic E-state index is 9.69. The van der Waals surface area contributed by atoms with Gasteiger partial charge < -0.3 is 9.84 Å². The molecule has 19 rings (SSSR count). The fourth-order valence-corrected chi connectivity index (χ4v) is 41.1. The van der Waals surface area contributed by atoms with E-state index in [1.165, 1.54) is 193 Å². The Morgan fingerprint density at radius 3 is 0.705 bits per heavy atom. The monoisotopic (exact) mass is 2090 g/mol. The molecule has 0 aromatic heterocycles. The molecule has 8 unspecified atom stereocenters. The van der Waals surface area contributed by atoms with Gasteiger partial charge in [-0.3, -0.25) is 4.79 Å². The Kier molecular flexibility index (Phi) is 48.0. The van der Waals surface area contributed by atoms with Gasteiger partial charge in [-0.05, 0) is 273 Å². The molecule has 7 aliphatic rings. The van der Waals surface area contributed by atoms with Gasteiger partial charge in [0, 0.05) is 56.0 Å². The summed E-state index contributed by atoms with van der Waals surface area (Å²) in [5.41, 5.74) is 3.86. The number of Topliss-reactive ketones (excluding diaryl/α,β-unsaturated/α-hetero) is 1. The zero-order valence-electron chi connectivity index (χ0n) is 78.2. The molecule has 12 aromatic carbocycles. The molecule has 0 spiro atoms. The smallest absolute Gasteiger partial charge is 0.144 e. The molecule has 1 aliphatic heterocycles. The standard InChI is InChI=1S/3C31H32P2.C8H15ClO.C8H14O.C5H9Br.C3H5ClO.3Fe/c3*1-25(32(26-15-6-2-7-16-26)27-17-8-3-9-18-27)30-23-14-24-31(30)33(28-19-10-4-11-20-28)29-21-12-5-13-22-29;1-8(10,6-9)7-4-2-3-5-7;1-8(6-9-8)7-4-2-3-5-7;6-5-3-1-2-4-5;1-3(5)2-4;;;/h3*2-13,15-22,25,30-31H,14,23-24H2,1H3;7,10H,2-6H2,1H3;7H,2-6H2,1H3;5H,1-4H2;2H2,1H3;;;/t3*25-,30?,31?;;;;;;;/m000......./s1.